The van der Waals surface area contributed by atoms with Crippen LogP contribution in [0.25, 0.3) is 0 Å². The zero-order chi connectivity index (χ0) is 3.41. The quantitative estimate of drug-likeness (QED) is 0.283. The van der Waals surface area contributed by atoms with Gasteiger partial charge in [0.1, 0.15) is 0 Å². The first kappa shape index (κ1) is 15.8. The maximum absolute atomic E-state index is 3.60. The van der Waals surface area contributed by atoms with Crippen LogP contribution in [0, 0.1) is 6.92 Å². The standard InChI is InChI=1S/C4H9.Li.H2S/c1-3-4-2;;/h1,3-4H2,2H3;;1H2/q-1;+1;. The molecule has 0 aromatic carbocycles. The van der Waals surface area contributed by atoms with E-state index in [1.807, 2.05) is 0 Å². The summed E-state index contributed by atoms with van der Waals surface area (Å²) in [5, 5.41) is 0. The summed E-state index contributed by atoms with van der Waals surface area (Å²) < 4.78 is 0. The maximum atomic E-state index is 3.60. The summed E-state index contributed by atoms with van der Waals surface area (Å²) >= 11 is 0. The van der Waals surface area contributed by atoms with Crippen molar-refractivity contribution in [3.8, 4) is 0 Å². The van der Waals surface area contributed by atoms with E-state index >= 15 is 0 Å². The van der Waals surface area contributed by atoms with Crippen molar-refractivity contribution in [2.24, 2.45) is 0 Å². The van der Waals surface area contributed by atoms with Gasteiger partial charge in [0.05, 0.1) is 0 Å². The van der Waals surface area contributed by atoms with E-state index in [9.17, 15) is 0 Å². The van der Waals surface area contributed by atoms with Crippen LogP contribution >= 0.6 is 13.5 Å². The summed E-state index contributed by atoms with van der Waals surface area (Å²) in [6.07, 6.45) is 2.28. The molecule has 0 amide bonds. The van der Waals surface area contributed by atoms with E-state index in [0.29, 0.717) is 0 Å². The monoisotopic (exact) mass is 98.1 g/mol. The third kappa shape index (κ3) is 20.3. The average Bonchev–Trinajstić information content (AvgIpc) is 1.37. The molecule has 0 fully saturated rings. The Morgan fingerprint density at radius 1 is 1.50 bits per heavy atom. The van der Waals surface area contributed by atoms with Crippen LogP contribution in [0.3, 0.4) is 0 Å². The Kier molecular flexibility index (Phi) is 44.0. The summed E-state index contributed by atoms with van der Waals surface area (Å²) in [7, 11) is 0. The SMILES string of the molecule is S.[CH2-]CCC.[Li+]. The predicted molar refractivity (Wildman–Crippen MR) is 30.6 cm³/mol. The van der Waals surface area contributed by atoms with E-state index in [4.69, 9.17) is 0 Å². The Morgan fingerprint density at radius 2 is 1.67 bits per heavy atom. The third-order valence-electron chi connectivity index (χ3n) is 0.354. The minimum absolute atomic E-state index is 0. The van der Waals surface area contributed by atoms with Crippen LogP contribution in [-0.2, 0) is 0 Å². The van der Waals surface area contributed by atoms with Crippen molar-refractivity contribution in [2.45, 2.75) is 19.8 Å². The molecule has 0 heterocycles. The van der Waals surface area contributed by atoms with Crippen LogP contribution in [0.1, 0.15) is 19.8 Å². The molecular formula is C4H11LiS. The van der Waals surface area contributed by atoms with Gasteiger partial charge in [0.15, 0.2) is 0 Å². The summed E-state index contributed by atoms with van der Waals surface area (Å²) in [5.41, 5.74) is 0. The molecule has 0 aliphatic heterocycles. The van der Waals surface area contributed by atoms with E-state index in [2.05, 4.69) is 13.8 Å². The molecule has 0 spiro atoms. The molecule has 0 aromatic heterocycles. The molecule has 0 aliphatic rings. The summed E-state index contributed by atoms with van der Waals surface area (Å²) in [6.45, 7) is 5.72. The summed E-state index contributed by atoms with van der Waals surface area (Å²) in [5.74, 6) is 0. The molecule has 0 unspecified atom stereocenters. The molecule has 0 radical (unpaired) electrons. The van der Waals surface area contributed by atoms with Crippen LogP contribution in [0.4, 0.5) is 0 Å². The molecule has 0 aliphatic carbocycles. The summed E-state index contributed by atoms with van der Waals surface area (Å²) in [4.78, 5) is 0. The van der Waals surface area contributed by atoms with Gasteiger partial charge in [-0.2, -0.15) is 19.9 Å². The molecule has 0 saturated heterocycles. The smallest absolute Gasteiger partial charge is 0.343 e. The van der Waals surface area contributed by atoms with Gasteiger partial charge < -0.3 is 6.92 Å². The number of unbranched alkanes of at least 4 members (excludes halogenated alkanes) is 1. The van der Waals surface area contributed by atoms with Crippen molar-refractivity contribution >= 4 is 13.5 Å². The van der Waals surface area contributed by atoms with E-state index in [-0.39, 0.29) is 32.4 Å². The average molecular weight is 98.1 g/mol. The second kappa shape index (κ2) is 16.8. The maximum Gasteiger partial charge on any atom is 1.00 e. The van der Waals surface area contributed by atoms with Gasteiger partial charge in [0.25, 0.3) is 0 Å². The Hall–Kier alpha value is 0.947. The molecule has 0 nitrogen and oxygen atoms in total. The van der Waals surface area contributed by atoms with Gasteiger partial charge in [-0.25, -0.2) is 0 Å². The first-order valence-corrected chi connectivity index (χ1v) is 1.71. The normalized spacial score (nSPS) is 5.00. The minimum atomic E-state index is 0. The van der Waals surface area contributed by atoms with Crippen LogP contribution in [0.5, 0.6) is 0 Å². The van der Waals surface area contributed by atoms with E-state index in [1.54, 1.807) is 0 Å². The van der Waals surface area contributed by atoms with Crippen molar-refractivity contribution < 1.29 is 18.9 Å². The first-order valence-electron chi connectivity index (χ1n) is 1.71. The molecule has 0 atom stereocenters. The van der Waals surface area contributed by atoms with Gasteiger partial charge in [-0.15, -0.1) is 0 Å². The van der Waals surface area contributed by atoms with Gasteiger partial charge in [-0.05, 0) is 0 Å². The molecule has 0 saturated carbocycles. The van der Waals surface area contributed by atoms with Gasteiger partial charge in [-0.1, -0.05) is 13.3 Å². The van der Waals surface area contributed by atoms with E-state index in [1.165, 1.54) is 6.42 Å². The third-order valence-corrected chi connectivity index (χ3v) is 0.354. The second-order valence-electron chi connectivity index (χ2n) is 0.854. The van der Waals surface area contributed by atoms with Crippen molar-refractivity contribution in [2.75, 3.05) is 0 Å². The fourth-order valence-electron chi connectivity index (χ4n) is 0. The van der Waals surface area contributed by atoms with Gasteiger partial charge in [0, 0.05) is 0 Å². The Morgan fingerprint density at radius 3 is 1.67 bits per heavy atom. The van der Waals surface area contributed by atoms with E-state index < -0.39 is 0 Å². The molecule has 0 N–H and O–H groups in total. The summed E-state index contributed by atoms with van der Waals surface area (Å²) in [6, 6.07) is 0. The second-order valence-corrected chi connectivity index (χ2v) is 0.854. The molecule has 34 valence electrons. The number of rotatable bonds is 1. The van der Waals surface area contributed by atoms with E-state index in [0.717, 1.165) is 6.42 Å². The van der Waals surface area contributed by atoms with Crippen molar-refractivity contribution in [1.29, 1.82) is 0 Å². The first-order chi connectivity index (χ1) is 1.91. The van der Waals surface area contributed by atoms with Crippen molar-refractivity contribution in [3.63, 3.8) is 0 Å². The van der Waals surface area contributed by atoms with Gasteiger partial charge in [-0.3, -0.25) is 0 Å². The largest absolute Gasteiger partial charge is 1.00 e. The Labute approximate surface area is 59.3 Å². The zero-order valence-electron chi connectivity index (χ0n) is 4.62. The molecule has 0 aromatic rings. The molecule has 0 rings (SSSR count). The fourth-order valence-corrected chi connectivity index (χ4v) is 0. The van der Waals surface area contributed by atoms with Crippen LogP contribution in [-0.4, -0.2) is 0 Å². The van der Waals surface area contributed by atoms with Gasteiger partial charge in [0.2, 0.25) is 0 Å². The van der Waals surface area contributed by atoms with Crippen LogP contribution < -0.4 is 18.9 Å². The number of hydrogen-bond donors (Lipinski definition) is 0. The Bertz CT molecular complexity index is 9.51. The predicted octanol–water partition coefficient (Wildman–Crippen LogP) is -1.26. The molecular weight excluding hydrogens is 87.1 g/mol. The number of hydrogen-bond acceptors (Lipinski definition) is 0. The zero-order valence-corrected chi connectivity index (χ0v) is 5.62. The van der Waals surface area contributed by atoms with Gasteiger partial charge >= 0.3 is 18.9 Å². The molecule has 0 bridgehead atoms. The van der Waals surface area contributed by atoms with Crippen LogP contribution in [0.15, 0.2) is 0 Å². The molecule has 2 heteroatoms. The fraction of sp³-hybridized carbons (Fsp3) is 0.750. The molecule has 6 heavy (non-hydrogen) atoms. The topological polar surface area (TPSA) is 0 Å². The van der Waals surface area contributed by atoms with Crippen molar-refractivity contribution in [3.05, 3.63) is 6.92 Å². The Balaban J connectivity index is -0.0000000450. The van der Waals surface area contributed by atoms with Crippen LogP contribution in [0.2, 0.25) is 0 Å². The minimum Gasteiger partial charge on any atom is -0.343 e. The van der Waals surface area contributed by atoms with Crippen molar-refractivity contribution in [1.82, 2.24) is 0 Å².